The molecule has 1 aliphatic heterocycles. The molecule has 0 saturated carbocycles. The molecule has 5 rings (SSSR count). The molecule has 0 spiro atoms. The summed E-state index contributed by atoms with van der Waals surface area (Å²) in [7, 11) is 3.27. The normalized spacial score (nSPS) is 15.8. The Morgan fingerprint density at radius 2 is 1.78 bits per heavy atom. The quantitative estimate of drug-likeness (QED) is 0.499. The highest BCUT2D eigenvalue weighted by Crippen LogP contribution is 2.40. The summed E-state index contributed by atoms with van der Waals surface area (Å²) < 4.78 is 11.2. The van der Waals surface area contributed by atoms with Crippen molar-refractivity contribution in [3.63, 3.8) is 0 Å². The van der Waals surface area contributed by atoms with Gasteiger partial charge in [-0.1, -0.05) is 55.0 Å². The first-order valence-corrected chi connectivity index (χ1v) is 11.0. The smallest absolute Gasteiger partial charge is 0.331 e. The Hall–Kier alpha value is -3.38. The van der Waals surface area contributed by atoms with Crippen molar-refractivity contribution in [3.8, 4) is 11.3 Å². The van der Waals surface area contributed by atoms with Gasteiger partial charge < -0.3 is 9.30 Å². The number of hydrogen-bond acceptors (Lipinski definition) is 3. The molecule has 1 atom stereocenters. The Bertz CT molecular complexity index is 1460. The van der Waals surface area contributed by atoms with Gasteiger partial charge in [0.2, 0.25) is 0 Å². The van der Waals surface area contributed by atoms with E-state index in [9.17, 15) is 9.59 Å². The highest BCUT2D eigenvalue weighted by Gasteiger charge is 2.33. The van der Waals surface area contributed by atoms with Crippen molar-refractivity contribution in [3.05, 3.63) is 91.8 Å². The highest BCUT2D eigenvalue weighted by molar-refractivity contribution is 5.96. The van der Waals surface area contributed by atoms with Gasteiger partial charge in [-0.05, 0) is 36.1 Å². The van der Waals surface area contributed by atoms with E-state index >= 15 is 0 Å². The van der Waals surface area contributed by atoms with E-state index in [-0.39, 0.29) is 17.4 Å². The summed E-state index contributed by atoms with van der Waals surface area (Å²) in [5, 5.41) is 0.566. The molecule has 0 aliphatic carbocycles. The minimum absolute atomic E-state index is 0.276. The second-order valence-corrected chi connectivity index (χ2v) is 8.53. The molecule has 6 heteroatoms. The van der Waals surface area contributed by atoms with Crippen LogP contribution in [0.2, 0.25) is 0 Å². The summed E-state index contributed by atoms with van der Waals surface area (Å²) in [6.07, 6.45) is 0.612. The van der Waals surface area contributed by atoms with Crippen LogP contribution in [0.15, 0.2) is 58.1 Å². The highest BCUT2D eigenvalue weighted by atomic mass is 16.5. The van der Waals surface area contributed by atoms with Gasteiger partial charge in [0.1, 0.15) is 6.10 Å². The summed E-state index contributed by atoms with van der Waals surface area (Å²) in [6, 6.07) is 16.6. The van der Waals surface area contributed by atoms with Crippen LogP contribution >= 0.6 is 0 Å². The third kappa shape index (κ3) is 2.98. The molecule has 2 aromatic carbocycles. The van der Waals surface area contributed by atoms with Crippen LogP contribution in [-0.2, 0) is 31.8 Å². The van der Waals surface area contributed by atoms with Gasteiger partial charge in [0.25, 0.3) is 5.56 Å². The Balaban J connectivity index is 1.90. The summed E-state index contributed by atoms with van der Waals surface area (Å²) in [5.41, 5.74) is 6.12. The van der Waals surface area contributed by atoms with Gasteiger partial charge >= 0.3 is 5.69 Å². The minimum Gasteiger partial charge on any atom is -0.365 e. The molecular formula is C26H27N3O3. The van der Waals surface area contributed by atoms with E-state index in [4.69, 9.17) is 4.74 Å². The number of nitrogens with zero attached hydrogens (tertiary/aromatic N) is 3. The van der Waals surface area contributed by atoms with Gasteiger partial charge in [-0.25, -0.2) is 4.79 Å². The first-order chi connectivity index (χ1) is 15.4. The molecule has 0 bridgehead atoms. The lowest BCUT2D eigenvalue weighted by Crippen LogP contribution is -2.37. The Morgan fingerprint density at radius 1 is 1.03 bits per heavy atom. The summed E-state index contributed by atoms with van der Waals surface area (Å²) >= 11 is 0. The van der Waals surface area contributed by atoms with Crippen LogP contribution in [0.25, 0.3) is 22.2 Å². The van der Waals surface area contributed by atoms with Crippen LogP contribution in [-0.4, -0.2) is 20.3 Å². The zero-order chi connectivity index (χ0) is 22.6. The number of fused-ring (bicyclic) bond motifs is 3. The molecule has 32 heavy (non-hydrogen) atoms. The van der Waals surface area contributed by atoms with Gasteiger partial charge in [-0.3, -0.25) is 13.9 Å². The summed E-state index contributed by atoms with van der Waals surface area (Å²) in [5.74, 6) is 0. The maximum absolute atomic E-state index is 13.4. The lowest BCUT2D eigenvalue weighted by Gasteiger charge is -2.28. The van der Waals surface area contributed by atoms with Crippen molar-refractivity contribution in [1.82, 2.24) is 13.7 Å². The second kappa shape index (κ2) is 7.64. The first kappa shape index (κ1) is 20.5. The minimum atomic E-state index is -0.353. The molecule has 0 fully saturated rings. The van der Waals surface area contributed by atoms with Gasteiger partial charge in [0.15, 0.2) is 0 Å². The van der Waals surface area contributed by atoms with E-state index < -0.39 is 0 Å². The van der Waals surface area contributed by atoms with Crippen LogP contribution in [0.4, 0.5) is 0 Å². The molecule has 0 unspecified atom stereocenters. The Labute approximate surface area is 186 Å². The standard InChI is InChI=1S/C26H27N3O3/c1-5-17-9-11-18(12-10-17)24-23-22-20(25(30)28(4)26(31)27(22)3)21(29(23)13-14-32-24)19-8-6-7-16(2)15-19/h6-12,15,24H,5,13-14H2,1-4H3/t24-/m1/s1. The maximum atomic E-state index is 13.4. The monoisotopic (exact) mass is 429 g/mol. The molecule has 1 aliphatic rings. The predicted molar refractivity (Wildman–Crippen MR) is 126 cm³/mol. The molecule has 164 valence electrons. The fourth-order valence-electron chi connectivity index (χ4n) is 4.85. The first-order valence-electron chi connectivity index (χ1n) is 11.0. The zero-order valence-corrected chi connectivity index (χ0v) is 18.9. The average molecular weight is 430 g/mol. The zero-order valence-electron chi connectivity index (χ0n) is 18.9. The fourth-order valence-corrected chi connectivity index (χ4v) is 4.85. The lowest BCUT2D eigenvalue weighted by atomic mass is 10.0. The third-order valence-corrected chi connectivity index (χ3v) is 6.53. The third-order valence-electron chi connectivity index (χ3n) is 6.53. The van der Waals surface area contributed by atoms with E-state index in [1.165, 1.54) is 17.2 Å². The van der Waals surface area contributed by atoms with Gasteiger partial charge in [0.05, 0.1) is 28.9 Å². The number of rotatable bonds is 3. The van der Waals surface area contributed by atoms with E-state index in [0.29, 0.717) is 24.1 Å². The van der Waals surface area contributed by atoms with Crippen molar-refractivity contribution in [1.29, 1.82) is 0 Å². The molecule has 4 aromatic rings. The number of ether oxygens (including phenoxy) is 1. The van der Waals surface area contributed by atoms with Crippen molar-refractivity contribution < 1.29 is 4.74 Å². The van der Waals surface area contributed by atoms with Crippen LogP contribution in [0.1, 0.15) is 35.4 Å². The van der Waals surface area contributed by atoms with Crippen LogP contribution in [0.3, 0.4) is 0 Å². The Morgan fingerprint density at radius 3 is 2.47 bits per heavy atom. The summed E-state index contributed by atoms with van der Waals surface area (Å²) in [4.78, 5) is 26.3. The largest absolute Gasteiger partial charge is 0.365 e. The molecule has 0 N–H and O–H groups in total. The van der Waals surface area contributed by atoms with Crippen LogP contribution in [0.5, 0.6) is 0 Å². The molecule has 6 nitrogen and oxygen atoms in total. The molecule has 0 amide bonds. The molecule has 0 radical (unpaired) electrons. The van der Waals surface area contributed by atoms with Crippen molar-refractivity contribution in [2.24, 2.45) is 14.1 Å². The Kier molecular flexibility index (Phi) is 4.90. The fraction of sp³-hybridized carbons (Fsp3) is 0.308. The maximum Gasteiger partial charge on any atom is 0.331 e. The van der Waals surface area contributed by atoms with Crippen LogP contribution in [0, 0.1) is 6.92 Å². The van der Waals surface area contributed by atoms with E-state index in [1.807, 2.05) is 25.1 Å². The van der Waals surface area contributed by atoms with Crippen LogP contribution < -0.4 is 11.2 Å². The van der Waals surface area contributed by atoms with Crippen molar-refractivity contribution in [2.45, 2.75) is 32.9 Å². The molecular weight excluding hydrogens is 402 g/mol. The topological polar surface area (TPSA) is 58.2 Å². The lowest BCUT2D eigenvalue weighted by molar-refractivity contribution is 0.0478. The van der Waals surface area contributed by atoms with Crippen molar-refractivity contribution >= 4 is 10.9 Å². The van der Waals surface area contributed by atoms with E-state index in [1.54, 1.807) is 11.6 Å². The number of benzene rings is 2. The van der Waals surface area contributed by atoms with Gasteiger partial charge in [-0.2, -0.15) is 0 Å². The molecule has 2 aromatic heterocycles. The summed E-state index contributed by atoms with van der Waals surface area (Å²) in [6.45, 7) is 5.32. The number of hydrogen-bond donors (Lipinski definition) is 0. The average Bonchev–Trinajstić information content (AvgIpc) is 3.17. The van der Waals surface area contributed by atoms with E-state index in [0.717, 1.165) is 34.5 Å². The SMILES string of the molecule is CCc1ccc([C@H]2OCCn3c(-c4cccc(C)c4)c4c(=O)n(C)c(=O)n(C)c4c32)cc1. The van der Waals surface area contributed by atoms with Gasteiger partial charge in [-0.15, -0.1) is 0 Å². The van der Waals surface area contributed by atoms with Gasteiger partial charge in [0, 0.05) is 20.6 Å². The number of aromatic nitrogens is 3. The number of aryl methyl sites for hydroxylation is 3. The van der Waals surface area contributed by atoms with Crippen molar-refractivity contribution in [2.75, 3.05) is 6.61 Å². The molecule has 3 heterocycles. The van der Waals surface area contributed by atoms with E-state index in [2.05, 4.69) is 41.8 Å². The second-order valence-electron chi connectivity index (χ2n) is 8.53. The molecule has 0 saturated heterocycles. The predicted octanol–water partition coefficient (Wildman–Crippen LogP) is 3.70.